The van der Waals surface area contributed by atoms with E-state index in [1.54, 1.807) is 0 Å². The first kappa shape index (κ1) is 11.7. The summed E-state index contributed by atoms with van der Waals surface area (Å²) in [5.74, 6) is 0.581. The maximum absolute atomic E-state index is 12.2. The van der Waals surface area contributed by atoms with Gasteiger partial charge in [0, 0.05) is 31.5 Å². The molecular formula is C14H19N3O. The Morgan fingerprint density at radius 2 is 2.22 bits per heavy atom. The summed E-state index contributed by atoms with van der Waals surface area (Å²) < 4.78 is 0. The summed E-state index contributed by atoms with van der Waals surface area (Å²) in [5, 5.41) is 3.47. The van der Waals surface area contributed by atoms with E-state index in [1.165, 1.54) is 5.56 Å². The lowest BCUT2D eigenvalue weighted by atomic mass is 9.94. The minimum absolute atomic E-state index is 0.233. The predicted octanol–water partition coefficient (Wildman–Crippen LogP) is 0.834. The van der Waals surface area contributed by atoms with Gasteiger partial charge in [0.25, 0.3) is 0 Å². The first-order valence-corrected chi connectivity index (χ1v) is 6.75. The molecule has 1 aromatic rings. The highest BCUT2D eigenvalue weighted by atomic mass is 16.2. The van der Waals surface area contributed by atoms with Crippen molar-refractivity contribution in [2.75, 3.05) is 19.6 Å². The molecule has 3 rings (SSSR count). The summed E-state index contributed by atoms with van der Waals surface area (Å²) in [6, 6.07) is 4.43. The average Bonchev–Trinajstić information content (AvgIpc) is 2.75. The number of rotatable bonds is 3. The molecule has 18 heavy (non-hydrogen) atoms. The summed E-state index contributed by atoms with van der Waals surface area (Å²) in [7, 11) is 0. The van der Waals surface area contributed by atoms with Gasteiger partial charge in [-0.05, 0) is 43.5 Å². The molecule has 1 amide bonds. The van der Waals surface area contributed by atoms with Crippen molar-refractivity contribution in [2.45, 2.75) is 25.3 Å². The quantitative estimate of drug-likeness (QED) is 0.858. The number of nitrogens with one attached hydrogen (secondary N) is 1. The van der Waals surface area contributed by atoms with Gasteiger partial charge in [0.1, 0.15) is 0 Å². The summed E-state index contributed by atoms with van der Waals surface area (Å²) in [6.45, 7) is 2.78. The van der Waals surface area contributed by atoms with Crippen molar-refractivity contribution in [2.24, 2.45) is 5.92 Å². The van der Waals surface area contributed by atoms with Gasteiger partial charge in [0.05, 0.1) is 5.92 Å². The predicted molar refractivity (Wildman–Crippen MR) is 69.0 cm³/mol. The zero-order chi connectivity index (χ0) is 12.4. The molecule has 2 atom stereocenters. The molecule has 3 heterocycles. The fourth-order valence-electron chi connectivity index (χ4n) is 3.02. The van der Waals surface area contributed by atoms with E-state index >= 15 is 0 Å². The Kier molecular flexibility index (Phi) is 3.28. The van der Waals surface area contributed by atoms with E-state index in [0.717, 1.165) is 38.9 Å². The van der Waals surface area contributed by atoms with Crippen molar-refractivity contribution < 1.29 is 4.79 Å². The third-order valence-electron chi connectivity index (χ3n) is 4.05. The molecule has 2 aliphatic heterocycles. The second-order valence-electron chi connectivity index (χ2n) is 5.20. The van der Waals surface area contributed by atoms with Crippen molar-refractivity contribution in [3.63, 3.8) is 0 Å². The first-order chi connectivity index (χ1) is 8.84. The summed E-state index contributed by atoms with van der Waals surface area (Å²) in [4.78, 5) is 18.3. The Bertz CT molecular complexity index is 420. The molecule has 1 N–H and O–H groups in total. The number of piperidine rings is 1. The number of hydrogen-bond acceptors (Lipinski definition) is 3. The minimum Gasteiger partial charge on any atom is -0.340 e. The van der Waals surface area contributed by atoms with Crippen LogP contribution in [0.1, 0.15) is 18.4 Å². The molecule has 2 saturated heterocycles. The van der Waals surface area contributed by atoms with Crippen LogP contribution in [-0.4, -0.2) is 41.5 Å². The third kappa shape index (κ3) is 2.25. The molecule has 0 aromatic carbocycles. The number of nitrogens with zero attached hydrogens (tertiary/aromatic N) is 2. The lowest BCUT2D eigenvalue weighted by Crippen LogP contribution is -2.41. The third-order valence-corrected chi connectivity index (χ3v) is 4.05. The molecule has 2 unspecified atom stereocenters. The van der Waals surface area contributed by atoms with E-state index in [9.17, 15) is 4.79 Å². The van der Waals surface area contributed by atoms with Gasteiger partial charge in [-0.2, -0.15) is 0 Å². The van der Waals surface area contributed by atoms with E-state index in [0.29, 0.717) is 11.9 Å². The van der Waals surface area contributed by atoms with E-state index in [4.69, 9.17) is 0 Å². The molecular weight excluding hydrogens is 226 g/mol. The van der Waals surface area contributed by atoms with Crippen LogP contribution in [0.4, 0.5) is 0 Å². The number of carbonyl (C=O) groups is 1. The molecule has 96 valence electrons. The number of fused-ring (bicyclic) bond motifs is 1. The van der Waals surface area contributed by atoms with Crippen LogP contribution in [0.15, 0.2) is 24.5 Å². The van der Waals surface area contributed by atoms with Crippen molar-refractivity contribution >= 4 is 5.91 Å². The van der Waals surface area contributed by atoms with Crippen LogP contribution in [0.5, 0.6) is 0 Å². The van der Waals surface area contributed by atoms with Crippen molar-refractivity contribution in [1.29, 1.82) is 0 Å². The highest BCUT2D eigenvalue weighted by molar-refractivity contribution is 5.82. The van der Waals surface area contributed by atoms with E-state index < -0.39 is 0 Å². The Morgan fingerprint density at radius 1 is 1.39 bits per heavy atom. The van der Waals surface area contributed by atoms with Gasteiger partial charge in [0.15, 0.2) is 0 Å². The van der Waals surface area contributed by atoms with Gasteiger partial charge in [-0.3, -0.25) is 9.78 Å². The Balaban J connectivity index is 1.59. The molecule has 0 saturated carbocycles. The Labute approximate surface area is 107 Å². The smallest absolute Gasteiger partial charge is 0.227 e. The molecule has 0 radical (unpaired) electrons. The lowest BCUT2D eigenvalue weighted by molar-refractivity contribution is -0.131. The SMILES string of the molecule is O=C1C2CCCNC2CN1CCc1ccncc1. The normalized spacial score (nSPS) is 27.3. The van der Waals surface area contributed by atoms with Crippen LogP contribution in [0.2, 0.25) is 0 Å². The second kappa shape index (κ2) is 5.06. The summed E-state index contributed by atoms with van der Waals surface area (Å²) in [6.07, 6.45) is 6.73. The number of pyridine rings is 1. The number of aromatic nitrogens is 1. The van der Waals surface area contributed by atoms with Gasteiger partial charge in [-0.25, -0.2) is 0 Å². The molecule has 0 spiro atoms. The molecule has 4 heteroatoms. The zero-order valence-corrected chi connectivity index (χ0v) is 10.5. The maximum atomic E-state index is 12.2. The van der Waals surface area contributed by atoms with Gasteiger partial charge in [0.2, 0.25) is 5.91 Å². The topological polar surface area (TPSA) is 45.2 Å². The molecule has 2 fully saturated rings. The average molecular weight is 245 g/mol. The number of hydrogen-bond donors (Lipinski definition) is 1. The van der Waals surface area contributed by atoms with Crippen molar-refractivity contribution in [3.8, 4) is 0 Å². The van der Waals surface area contributed by atoms with Gasteiger partial charge in [-0.1, -0.05) is 0 Å². The lowest BCUT2D eigenvalue weighted by Gasteiger charge is -2.23. The number of carbonyl (C=O) groups excluding carboxylic acids is 1. The van der Waals surface area contributed by atoms with Gasteiger partial charge >= 0.3 is 0 Å². The highest BCUT2D eigenvalue weighted by Gasteiger charge is 2.40. The molecule has 0 aliphatic carbocycles. The van der Waals surface area contributed by atoms with E-state index in [2.05, 4.69) is 10.3 Å². The molecule has 2 aliphatic rings. The minimum atomic E-state index is 0.233. The molecule has 1 aromatic heterocycles. The molecule has 4 nitrogen and oxygen atoms in total. The fourth-order valence-corrected chi connectivity index (χ4v) is 3.02. The summed E-state index contributed by atoms with van der Waals surface area (Å²) >= 11 is 0. The molecule has 0 bridgehead atoms. The van der Waals surface area contributed by atoms with Crippen molar-refractivity contribution in [1.82, 2.24) is 15.2 Å². The number of amides is 1. The van der Waals surface area contributed by atoms with Crippen molar-refractivity contribution in [3.05, 3.63) is 30.1 Å². The van der Waals surface area contributed by atoms with E-state index in [-0.39, 0.29) is 5.92 Å². The Morgan fingerprint density at radius 3 is 3.00 bits per heavy atom. The summed E-state index contributed by atoms with van der Waals surface area (Å²) in [5.41, 5.74) is 1.25. The fraction of sp³-hybridized carbons (Fsp3) is 0.571. The first-order valence-electron chi connectivity index (χ1n) is 6.75. The van der Waals surface area contributed by atoms with Crippen LogP contribution in [-0.2, 0) is 11.2 Å². The maximum Gasteiger partial charge on any atom is 0.227 e. The Hall–Kier alpha value is -1.42. The standard InChI is InChI=1S/C14H19N3O/c18-14-12-2-1-6-16-13(12)10-17(14)9-5-11-3-7-15-8-4-11/h3-4,7-8,12-13,16H,1-2,5-6,9-10H2. The highest BCUT2D eigenvalue weighted by Crippen LogP contribution is 2.26. The monoisotopic (exact) mass is 245 g/mol. The van der Waals surface area contributed by atoms with Crippen LogP contribution in [0.3, 0.4) is 0 Å². The van der Waals surface area contributed by atoms with Crippen LogP contribution < -0.4 is 5.32 Å². The van der Waals surface area contributed by atoms with Gasteiger partial charge in [-0.15, -0.1) is 0 Å². The largest absolute Gasteiger partial charge is 0.340 e. The second-order valence-corrected chi connectivity index (χ2v) is 5.20. The van der Waals surface area contributed by atoms with Crippen LogP contribution >= 0.6 is 0 Å². The van der Waals surface area contributed by atoms with Gasteiger partial charge < -0.3 is 10.2 Å². The van der Waals surface area contributed by atoms with Crippen LogP contribution in [0, 0.1) is 5.92 Å². The number of likely N-dealkylation sites (tertiary alicyclic amines) is 1. The van der Waals surface area contributed by atoms with Crippen LogP contribution in [0.25, 0.3) is 0 Å². The zero-order valence-electron chi connectivity index (χ0n) is 10.5. The van der Waals surface area contributed by atoms with E-state index in [1.807, 2.05) is 29.4 Å².